The topological polar surface area (TPSA) is 73.0 Å². The maximum absolute atomic E-state index is 11.0. The van der Waals surface area contributed by atoms with Crippen LogP contribution in [-0.2, 0) is 0 Å². The molecule has 1 aromatic heterocycles. The van der Waals surface area contributed by atoms with Gasteiger partial charge < -0.3 is 0 Å². The lowest BCUT2D eigenvalue weighted by Crippen LogP contribution is -2.11. The van der Waals surface area contributed by atoms with Gasteiger partial charge >= 0.3 is 0 Å². The van der Waals surface area contributed by atoms with Crippen LogP contribution in [-0.4, -0.2) is 14.6 Å². The first-order valence-corrected chi connectivity index (χ1v) is 10.1. The van der Waals surface area contributed by atoms with Gasteiger partial charge in [-0.1, -0.05) is 46.3 Å². The fraction of sp³-hybridized carbons (Fsp3) is 0. The average molecular weight is 459 g/mol. The quantitative estimate of drug-likeness (QED) is 0.249. The second-order valence-electron chi connectivity index (χ2n) is 6.85. The van der Waals surface area contributed by atoms with Crippen LogP contribution in [0.5, 0.6) is 0 Å². The predicted molar refractivity (Wildman–Crippen MR) is 122 cm³/mol. The van der Waals surface area contributed by atoms with E-state index < -0.39 is 4.92 Å². The van der Waals surface area contributed by atoms with Crippen molar-refractivity contribution in [2.75, 3.05) is 5.43 Å². The lowest BCUT2D eigenvalue weighted by atomic mass is 10.1. The number of benzene rings is 4. The van der Waals surface area contributed by atoms with E-state index in [1.807, 2.05) is 53.2 Å². The van der Waals surface area contributed by atoms with Crippen LogP contribution in [0.3, 0.4) is 0 Å². The number of aromatic nitrogens is 2. The first-order chi connectivity index (χ1) is 14.6. The maximum Gasteiger partial charge on any atom is 0.269 e. The number of nitro groups is 1. The first-order valence-electron chi connectivity index (χ1n) is 9.28. The molecule has 30 heavy (non-hydrogen) atoms. The molecule has 5 rings (SSSR count). The molecule has 0 saturated heterocycles. The number of imidazole rings is 1. The van der Waals surface area contributed by atoms with Gasteiger partial charge in [-0.05, 0) is 47.9 Å². The highest BCUT2D eigenvalue weighted by atomic mass is 79.9. The summed E-state index contributed by atoms with van der Waals surface area (Å²) in [5.74, 6) is 0.680. The number of nitro benzene ring substituents is 1. The highest BCUT2D eigenvalue weighted by molar-refractivity contribution is 9.10. The zero-order valence-corrected chi connectivity index (χ0v) is 17.2. The number of non-ortho nitro benzene ring substituents is 1. The number of rotatable bonds is 4. The van der Waals surface area contributed by atoms with Crippen molar-refractivity contribution in [1.82, 2.24) is 9.66 Å². The maximum atomic E-state index is 11.0. The number of fused-ring (bicyclic) bond motifs is 3. The molecule has 0 aliphatic heterocycles. The number of hydrogen-bond donors (Lipinski definition) is 1. The standard InChI is InChI=1S/C23H15BrN4O2/c24-17-8-10-18(11-9-17)26-27-22-20-4-2-1-3-15(20)7-14-21(22)25-23(27)16-5-12-19(13-6-16)28(29)30/h1-14,26H. The molecule has 5 aromatic rings. The van der Waals surface area contributed by atoms with Crippen molar-refractivity contribution in [1.29, 1.82) is 0 Å². The summed E-state index contributed by atoms with van der Waals surface area (Å²) in [4.78, 5) is 15.5. The van der Waals surface area contributed by atoms with E-state index in [0.29, 0.717) is 5.82 Å². The molecule has 0 atom stereocenters. The van der Waals surface area contributed by atoms with Gasteiger partial charge in [0.2, 0.25) is 0 Å². The van der Waals surface area contributed by atoms with Gasteiger partial charge in [0.15, 0.2) is 5.82 Å². The van der Waals surface area contributed by atoms with Crippen LogP contribution in [0, 0.1) is 10.1 Å². The third kappa shape index (κ3) is 3.19. The lowest BCUT2D eigenvalue weighted by molar-refractivity contribution is -0.384. The Hall–Kier alpha value is -3.71. The molecular formula is C23H15BrN4O2. The van der Waals surface area contributed by atoms with Gasteiger partial charge in [-0.3, -0.25) is 15.5 Å². The molecular weight excluding hydrogens is 444 g/mol. The molecule has 0 aliphatic rings. The van der Waals surface area contributed by atoms with Gasteiger partial charge in [0.25, 0.3) is 5.69 Å². The molecule has 6 nitrogen and oxygen atoms in total. The molecule has 1 N–H and O–H groups in total. The molecule has 0 aliphatic carbocycles. The number of hydrogen-bond acceptors (Lipinski definition) is 4. The molecule has 7 heteroatoms. The SMILES string of the molecule is O=[N+]([O-])c1ccc(-c2nc3ccc4ccccc4c3n2Nc2ccc(Br)cc2)cc1. The summed E-state index contributed by atoms with van der Waals surface area (Å²) >= 11 is 3.46. The van der Waals surface area contributed by atoms with Crippen molar-refractivity contribution in [3.05, 3.63) is 99.5 Å². The van der Waals surface area contributed by atoms with Gasteiger partial charge in [0.1, 0.15) is 0 Å². The van der Waals surface area contributed by atoms with Crippen LogP contribution in [0.15, 0.2) is 89.4 Å². The predicted octanol–water partition coefficient (Wildman–Crippen LogP) is 6.40. The van der Waals surface area contributed by atoms with Gasteiger partial charge in [-0.25, -0.2) is 9.66 Å². The fourth-order valence-electron chi connectivity index (χ4n) is 3.53. The normalized spacial score (nSPS) is 11.1. The Morgan fingerprint density at radius 2 is 1.63 bits per heavy atom. The molecule has 146 valence electrons. The van der Waals surface area contributed by atoms with E-state index in [2.05, 4.69) is 33.5 Å². The Balaban J connectivity index is 1.75. The molecule has 0 unspecified atom stereocenters. The number of nitrogens with one attached hydrogen (secondary N) is 1. The summed E-state index contributed by atoms with van der Waals surface area (Å²) in [7, 11) is 0. The summed E-state index contributed by atoms with van der Waals surface area (Å²) in [6, 6.07) is 26.5. The summed E-state index contributed by atoms with van der Waals surface area (Å²) in [5.41, 5.74) is 6.97. The first kappa shape index (κ1) is 18.3. The molecule has 0 radical (unpaired) electrons. The minimum atomic E-state index is -0.402. The van der Waals surface area contributed by atoms with Gasteiger partial charge in [-0.2, -0.15) is 0 Å². The summed E-state index contributed by atoms with van der Waals surface area (Å²) in [6.07, 6.45) is 0. The van der Waals surface area contributed by atoms with Crippen molar-refractivity contribution in [3.63, 3.8) is 0 Å². The summed E-state index contributed by atoms with van der Waals surface area (Å²) in [5, 5.41) is 13.2. The Kier molecular flexibility index (Phi) is 4.44. The molecule has 0 fully saturated rings. The van der Waals surface area contributed by atoms with Crippen LogP contribution in [0.2, 0.25) is 0 Å². The van der Waals surface area contributed by atoms with Crippen LogP contribution in [0.1, 0.15) is 0 Å². The number of halogens is 1. The van der Waals surface area contributed by atoms with E-state index in [0.717, 1.165) is 37.5 Å². The van der Waals surface area contributed by atoms with E-state index >= 15 is 0 Å². The Labute approximate surface area is 180 Å². The Bertz CT molecular complexity index is 1390. The monoisotopic (exact) mass is 458 g/mol. The molecule has 0 saturated carbocycles. The number of nitrogens with zero attached hydrogens (tertiary/aromatic N) is 3. The number of anilines is 1. The minimum absolute atomic E-state index is 0.0488. The largest absolute Gasteiger partial charge is 0.292 e. The van der Waals surface area contributed by atoms with E-state index in [9.17, 15) is 10.1 Å². The van der Waals surface area contributed by atoms with E-state index in [4.69, 9.17) is 4.98 Å². The summed E-state index contributed by atoms with van der Waals surface area (Å²) < 4.78 is 2.94. The van der Waals surface area contributed by atoms with Crippen LogP contribution < -0.4 is 5.43 Å². The summed E-state index contributed by atoms with van der Waals surface area (Å²) in [6.45, 7) is 0. The molecule has 1 heterocycles. The van der Waals surface area contributed by atoms with Crippen molar-refractivity contribution >= 4 is 49.1 Å². The third-order valence-corrected chi connectivity index (χ3v) is 5.49. The van der Waals surface area contributed by atoms with Crippen LogP contribution in [0.4, 0.5) is 11.4 Å². The lowest BCUT2D eigenvalue weighted by Gasteiger charge is -2.13. The third-order valence-electron chi connectivity index (χ3n) is 4.96. The Morgan fingerprint density at radius 1 is 0.900 bits per heavy atom. The minimum Gasteiger partial charge on any atom is -0.292 e. The van der Waals surface area contributed by atoms with Crippen LogP contribution in [0.25, 0.3) is 33.2 Å². The van der Waals surface area contributed by atoms with Crippen molar-refractivity contribution in [2.24, 2.45) is 0 Å². The molecule has 0 amide bonds. The highest BCUT2D eigenvalue weighted by Gasteiger charge is 2.16. The zero-order chi connectivity index (χ0) is 20.7. The van der Waals surface area contributed by atoms with Gasteiger partial charge in [0, 0.05) is 27.6 Å². The van der Waals surface area contributed by atoms with Crippen molar-refractivity contribution in [2.45, 2.75) is 0 Å². The smallest absolute Gasteiger partial charge is 0.269 e. The molecule has 0 spiro atoms. The molecule has 0 bridgehead atoms. The van der Waals surface area contributed by atoms with Crippen molar-refractivity contribution in [3.8, 4) is 11.4 Å². The van der Waals surface area contributed by atoms with Gasteiger partial charge in [0.05, 0.1) is 21.6 Å². The van der Waals surface area contributed by atoms with E-state index in [-0.39, 0.29) is 5.69 Å². The van der Waals surface area contributed by atoms with Gasteiger partial charge in [-0.15, -0.1) is 0 Å². The second kappa shape index (κ2) is 7.27. The Morgan fingerprint density at radius 3 is 2.37 bits per heavy atom. The van der Waals surface area contributed by atoms with Crippen LogP contribution >= 0.6 is 15.9 Å². The average Bonchev–Trinajstić information content (AvgIpc) is 3.14. The fourth-order valence-corrected chi connectivity index (χ4v) is 3.79. The second-order valence-corrected chi connectivity index (χ2v) is 7.76. The highest BCUT2D eigenvalue weighted by Crippen LogP contribution is 2.31. The van der Waals surface area contributed by atoms with E-state index in [1.165, 1.54) is 12.1 Å². The van der Waals surface area contributed by atoms with Crippen molar-refractivity contribution < 1.29 is 4.92 Å². The van der Waals surface area contributed by atoms with E-state index in [1.54, 1.807) is 12.1 Å². The molecule has 4 aromatic carbocycles. The zero-order valence-electron chi connectivity index (χ0n) is 15.6.